The zero-order valence-electron chi connectivity index (χ0n) is 22.4. The van der Waals surface area contributed by atoms with Gasteiger partial charge in [-0.05, 0) is 73.7 Å². The second kappa shape index (κ2) is 11.3. The van der Waals surface area contributed by atoms with Gasteiger partial charge in [0.2, 0.25) is 11.8 Å². The van der Waals surface area contributed by atoms with Gasteiger partial charge in [-0.2, -0.15) is 5.26 Å². The van der Waals surface area contributed by atoms with Gasteiger partial charge >= 0.3 is 0 Å². The van der Waals surface area contributed by atoms with E-state index >= 15 is 0 Å². The molecule has 1 fully saturated rings. The van der Waals surface area contributed by atoms with E-state index in [4.69, 9.17) is 15.0 Å². The van der Waals surface area contributed by atoms with Crippen molar-refractivity contribution >= 4 is 22.9 Å². The third-order valence-corrected chi connectivity index (χ3v) is 7.72. The molecule has 1 atom stereocenters. The number of hydrogen-bond donors (Lipinski definition) is 1. The molecule has 2 aliphatic heterocycles. The molecule has 0 aliphatic carbocycles. The molecule has 7 heteroatoms. The smallest absolute Gasteiger partial charge is 0.216 e. The highest BCUT2D eigenvalue weighted by molar-refractivity contribution is 5.95. The fourth-order valence-electron chi connectivity index (χ4n) is 5.43. The second-order valence-electron chi connectivity index (χ2n) is 10.6. The molecule has 0 spiro atoms. The van der Waals surface area contributed by atoms with E-state index in [-0.39, 0.29) is 6.04 Å². The third-order valence-electron chi connectivity index (χ3n) is 7.72. The van der Waals surface area contributed by atoms with Crippen LogP contribution in [0.4, 0.5) is 5.95 Å². The molecule has 6 rings (SSSR count). The van der Waals surface area contributed by atoms with Gasteiger partial charge in [0.15, 0.2) is 0 Å². The number of aliphatic imine (C=N–C) groups is 1. The number of fused-ring (bicyclic) bond motifs is 1. The van der Waals surface area contributed by atoms with Crippen LogP contribution in [-0.2, 0) is 17.7 Å². The number of para-hydroxylation sites is 2. The SMILES string of the molecule is C[C@H]1COC(c2ccc(CCN3CCC(Nc4nc5ccccc5n4Cc4ccc(C#N)cc4)CC3)cc2)=N1. The molecule has 0 unspecified atom stereocenters. The van der Waals surface area contributed by atoms with Crippen LogP contribution in [0.2, 0.25) is 0 Å². The molecule has 1 aromatic heterocycles. The molecule has 198 valence electrons. The molecule has 7 nitrogen and oxygen atoms in total. The van der Waals surface area contributed by atoms with Crippen LogP contribution in [-0.4, -0.2) is 58.7 Å². The fraction of sp³-hybridized carbons (Fsp3) is 0.344. The van der Waals surface area contributed by atoms with E-state index in [9.17, 15) is 0 Å². The number of likely N-dealkylation sites (tertiary alicyclic amines) is 1. The summed E-state index contributed by atoms with van der Waals surface area (Å²) in [6.07, 6.45) is 3.23. The topological polar surface area (TPSA) is 78.5 Å². The van der Waals surface area contributed by atoms with Gasteiger partial charge in [-0.3, -0.25) is 0 Å². The van der Waals surface area contributed by atoms with Crippen LogP contribution >= 0.6 is 0 Å². The van der Waals surface area contributed by atoms with E-state index < -0.39 is 0 Å². The number of nitriles is 1. The minimum Gasteiger partial charge on any atom is -0.475 e. The van der Waals surface area contributed by atoms with Crippen LogP contribution in [0.3, 0.4) is 0 Å². The zero-order valence-corrected chi connectivity index (χ0v) is 22.4. The van der Waals surface area contributed by atoms with Crippen molar-refractivity contribution in [1.82, 2.24) is 14.5 Å². The van der Waals surface area contributed by atoms with Crippen LogP contribution < -0.4 is 5.32 Å². The van der Waals surface area contributed by atoms with Crippen molar-refractivity contribution in [3.8, 4) is 6.07 Å². The molecule has 2 aliphatic rings. The molecule has 3 aromatic carbocycles. The van der Waals surface area contributed by atoms with Gasteiger partial charge in [-0.15, -0.1) is 0 Å². The Bertz CT molecular complexity index is 1490. The van der Waals surface area contributed by atoms with E-state index in [2.05, 4.69) is 75.2 Å². The van der Waals surface area contributed by atoms with Gasteiger partial charge in [0.1, 0.15) is 6.61 Å². The molecule has 39 heavy (non-hydrogen) atoms. The maximum absolute atomic E-state index is 9.13. The van der Waals surface area contributed by atoms with Gasteiger partial charge in [0.05, 0.1) is 35.3 Å². The third kappa shape index (κ3) is 5.81. The zero-order chi connectivity index (χ0) is 26.6. The minimum absolute atomic E-state index is 0.249. The summed E-state index contributed by atoms with van der Waals surface area (Å²) in [6.45, 7) is 6.69. The van der Waals surface area contributed by atoms with Crippen molar-refractivity contribution in [2.24, 2.45) is 4.99 Å². The lowest BCUT2D eigenvalue weighted by molar-refractivity contribution is 0.221. The molecule has 1 N–H and O–H groups in total. The van der Waals surface area contributed by atoms with E-state index in [1.807, 2.05) is 30.3 Å². The van der Waals surface area contributed by atoms with Crippen molar-refractivity contribution in [3.63, 3.8) is 0 Å². The van der Waals surface area contributed by atoms with Crippen LogP contribution in [0.15, 0.2) is 77.8 Å². The Morgan fingerprint density at radius 1 is 0.974 bits per heavy atom. The lowest BCUT2D eigenvalue weighted by Crippen LogP contribution is -2.40. The molecule has 1 saturated heterocycles. The Hall–Kier alpha value is -4.15. The summed E-state index contributed by atoms with van der Waals surface area (Å²) in [5.74, 6) is 1.69. The van der Waals surface area contributed by atoms with Crippen LogP contribution in [0, 0.1) is 11.3 Å². The van der Waals surface area contributed by atoms with Crippen molar-refractivity contribution < 1.29 is 4.74 Å². The Kier molecular flexibility index (Phi) is 7.29. The average molecular weight is 519 g/mol. The number of aromatic nitrogens is 2. The molecular formula is C32H34N6O. The molecule has 3 heterocycles. The second-order valence-corrected chi connectivity index (χ2v) is 10.6. The maximum atomic E-state index is 9.13. The summed E-state index contributed by atoms with van der Waals surface area (Å²) in [5.41, 5.74) is 6.37. The normalized spacial score (nSPS) is 18.1. The first-order chi connectivity index (χ1) is 19.1. The van der Waals surface area contributed by atoms with Gasteiger partial charge in [-0.1, -0.05) is 36.4 Å². The first-order valence-corrected chi connectivity index (χ1v) is 13.9. The van der Waals surface area contributed by atoms with Crippen molar-refractivity contribution in [3.05, 3.63) is 95.1 Å². The molecule has 0 bridgehead atoms. The lowest BCUT2D eigenvalue weighted by Gasteiger charge is -2.32. The molecule has 4 aromatic rings. The summed E-state index contributed by atoms with van der Waals surface area (Å²) in [4.78, 5) is 12.1. The number of ether oxygens (including phenoxy) is 1. The van der Waals surface area contributed by atoms with E-state index in [1.165, 1.54) is 5.56 Å². The predicted octanol–water partition coefficient (Wildman–Crippen LogP) is 5.24. The van der Waals surface area contributed by atoms with Crippen LogP contribution in [0.5, 0.6) is 0 Å². The van der Waals surface area contributed by atoms with Gasteiger partial charge in [-0.25, -0.2) is 9.98 Å². The monoisotopic (exact) mass is 518 g/mol. The number of benzene rings is 3. The maximum Gasteiger partial charge on any atom is 0.216 e. The lowest BCUT2D eigenvalue weighted by atomic mass is 10.0. The summed E-state index contributed by atoms with van der Waals surface area (Å²) >= 11 is 0. The largest absolute Gasteiger partial charge is 0.475 e. The van der Waals surface area contributed by atoms with E-state index in [0.717, 1.165) is 72.9 Å². The van der Waals surface area contributed by atoms with E-state index in [0.29, 0.717) is 24.8 Å². The Morgan fingerprint density at radius 2 is 1.72 bits per heavy atom. The van der Waals surface area contributed by atoms with Crippen LogP contribution in [0.25, 0.3) is 11.0 Å². The highest BCUT2D eigenvalue weighted by Crippen LogP contribution is 2.24. The standard InChI is InChI=1S/C32H34N6O/c1-23-22-39-31(34-23)27-12-10-24(11-13-27)14-17-37-18-15-28(16-19-37)35-32-36-29-4-2-3-5-30(29)38(32)21-26-8-6-25(20-33)7-9-26/h2-13,23,28H,14-19,21-22H2,1H3,(H,35,36)/t23-/m0/s1. The highest BCUT2D eigenvalue weighted by atomic mass is 16.5. The summed E-state index contributed by atoms with van der Waals surface area (Å²) < 4.78 is 7.94. The van der Waals surface area contributed by atoms with E-state index in [1.54, 1.807) is 0 Å². The predicted molar refractivity (Wildman–Crippen MR) is 155 cm³/mol. The number of imidazole rings is 1. The molecule has 0 saturated carbocycles. The highest BCUT2D eigenvalue weighted by Gasteiger charge is 2.22. The van der Waals surface area contributed by atoms with Gasteiger partial charge in [0, 0.05) is 31.2 Å². The molecule has 0 radical (unpaired) electrons. The molecule has 0 amide bonds. The number of nitrogens with one attached hydrogen (secondary N) is 1. The Balaban J connectivity index is 1.05. The average Bonchev–Trinajstić information content (AvgIpc) is 3.56. The van der Waals surface area contributed by atoms with Crippen molar-refractivity contribution in [2.45, 2.75) is 44.8 Å². The Morgan fingerprint density at radius 3 is 2.44 bits per heavy atom. The summed E-state index contributed by atoms with van der Waals surface area (Å²) in [6, 6.07) is 27.6. The Labute approximate surface area is 229 Å². The van der Waals surface area contributed by atoms with Crippen LogP contribution in [0.1, 0.15) is 42.0 Å². The minimum atomic E-state index is 0.249. The first-order valence-electron chi connectivity index (χ1n) is 13.9. The number of nitrogens with zero attached hydrogens (tertiary/aromatic N) is 5. The number of hydrogen-bond acceptors (Lipinski definition) is 6. The van der Waals surface area contributed by atoms with Crippen molar-refractivity contribution in [2.75, 3.05) is 31.6 Å². The van der Waals surface area contributed by atoms with Gasteiger partial charge in [0.25, 0.3) is 0 Å². The number of piperidine rings is 1. The molecular weight excluding hydrogens is 484 g/mol. The fourth-order valence-corrected chi connectivity index (χ4v) is 5.43. The first kappa shape index (κ1) is 25.1. The number of anilines is 1. The summed E-state index contributed by atoms with van der Waals surface area (Å²) in [5, 5.41) is 12.9. The summed E-state index contributed by atoms with van der Waals surface area (Å²) in [7, 11) is 0. The van der Waals surface area contributed by atoms with Crippen molar-refractivity contribution in [1.29, 1.82) is 5.26 Å². The quantitative estimate of drug-likeness (QED) is 0.345. The van der Waals surface area contributed by atoms with Gasteiger partial charge < -0.3 is 19.5 Å². The number of rotatable bonds is 8.